The molecule has 1 atom stereocenters. The largest absolute Gasteiger partial charge is 0.370 e. The van der Waals surface area contributed by atoms with Gasteiger partial charge in [0.2, 0.25) is 17.6 Å². The number of likely N-dealkylation sites (tertiary alicyclic amines) is 1. The molecule has 0 spiro atoms. The van der Waals surface area contributed by atoms with Gasteiger partial charge >= 0.3 is 0 Å². The lowest BCUT2D eigenvalue weighted by molar-refractivity contribution is -0.119. The van der Waals surface area contributed by atoms with E-state index >= 15 is 0 Å². The van der Waals surface area contributed by atoms with Crippen molar-refractivity contribution in [2.45, 2.75) is 32.7 Å². The molecule has 1 aliphatic heterocycles. The normalized spacial score (nSPS) is 18.9. The van der Waals surface area contributed by atoms with E-state index in [1.165, 1.54) is 5.56 Å². The number of piperidine rings is 1. The fraction of sp³-hybridized carbons (Fsp3) is 0.471. The Kier molecular flexibility index (Phi) is 4.71. The predicted molar refractivity (Wildman–Crippen MR) is 86.3 cm³/mol. The first-order valence-electron chi connectivity index (χ1n) is 8.00. The highest BCUT2D eigenvalue weighted by molar-refractivity contribution is 5.74. The van der Waals surface area contributed by atoms with Crippen LogP contribution in [0.1, 0.15) is 30.7 Å². The predicted octanol–water partition coefficient (Wildman–Crippen LogP) is 2.13. The Bertz CT molecular complexity index is 683. The number of nitrogens with zero attached hydrogens (tertiary/aromatic N) is 3. The van der Waals surface area contributed by atoms with Crippen molar-refractivity contribution in [2.75, 3.05) is 13.1 Å². The van der Waals surface area contributed by atoms with Gasteiger partial charge in [-0.2, -0.15) is 4.98 Å². The van der Waals surface area contributed by atoms with Crippen molar-refractivity contribution in [1.82, 2.24) is 15.0 Å². The minimum atomic E-state index is -0.226. The van der Waals surface area contributed by atoms with Crippen LogP contribution in [0.25, 0.3) is 11.4 Å². The van der Waals surface area contributed by atoms with E-state index in [0.717, 1.165) is 31.5 Å². The summed E-state index contributed by atoms with van der Waals surface area (Å²) in [5.74, 6) is 1.34. The first kappa shape index (κ1) is 15.7. The highest BCUT2D eigenvalue weighted by Gasteiger charge is 2.23. The van der Waals surface area contributed by atoms with E-state index in [-0.39, 0.29) is 5.91 Å². The summed E-state index contributed by atoms with van der Waals surface area (Å²) in [5.41, 5.74) is 7.43. The molecule has 0 radical (unpaired) electrons. The van der Waals surface area contributed by atoms with Crippen LogP contribution in [-0.2, 0) is 11.3 Å². The molecule has 1 unspecified atom stereocenters. The number of primary amides is 1. The first-order valence-corrected chi connectivity index (χ1v) is 8.00. The molecule has 1 aromatic carbocycles. The standard InChI is InChI=1S/C17H22N4O2/c1-12-4-2-6-14(8-12)17-19-16(23-20-17)11-21-7-3-5-13(10-21)9-15(18)22/h2,4,6,8,13H,3,5,7,9-11H2,1H3,(H2,18,22). The molecule has 1 saturated heterocycles. The number of benzene rings is 1. The van der Waals surface area contributed by atoms with Crippen molar-refractivity contribution in [3.8, 4) is 11.4 Å². The van der Waals surface area contributed by atoms with Gasteiger partial charge in [-0.3, -0.25) is 9.69 Å². The number of nitrogens with two attached hydrogens (primary N) is 1. The van der Waals surface area contributed by atoms with Crippen LogP contribution in [0, 0.1) is 12.8 Å². The third kappa shape index (κ3) is 4.16. The van der Waals surface area contributed by atoms with Crippen LogP contribution in [0.2, 0.25) is 0 Å². The number of aryl methyl sites for hydroxylation is 1. The van der Waals surface area contributed by atoms with Gasteiger partial charge in [0, 0.05) is 18.5 Å². The third-order valence-corrected chi connectivity index (χ3v) is 4.20. The molecule has 1 fully saturated rings. The quantitative estimate of drug-likeness (QED) is 0.914. The van der Waals surface area contributed by atoms with Crippen LogP contribution >= 0.6 is 0 Å². The number of amides is 1. The smallest absolute Gasteiger partial charge is 0.241 e. The van der Waals surface area contributed by atoms with Gasteiger partial charge in [0.1, 0.15) is 0 Å². The summed E-state index contributed by atoms with van der Waals surface area (Å²) in [5, 5.41) is 4.07. The van der Waals surface area contributed by atoms with Crippen molar-refractivity contribution in [3.63, 3.8) is 0 Å². The molecular weight excluding hydrogens is 292 g/mol. The maximum Gasteiger partial charge on any atom is 0.241 e. The zero-order valence-corrected chi connectivity index (χ0v) is 13.4. The van der Waals surface area contributed by atoms with E-state index in [1.807, 2.05) is 31.2 Å². The van der Waals surface area contributed by atoms with Gasteiger partial charge in [0.05, 0.1) is 6.54 Å². The first-order chi connectivity index (χ1) is 11.1. The Morgan fingerprint density at radius 3 is 3.13 bits per heavy atom. The van der Waals surface area contributed by atoms with Gasteiger partial charge in [0.25, 0.3) is 0 Å². The zero-order chi connectivity index (χ0) is 16.2. The number of aromatic nitrogens is 2. The van der Waals surface area contributed by atoms with Gasteiger partial charge in [0.15, 0.2) is 0 Å². The SMILES string of the molecule is Cc1cccc(-c2noc(CN3CCCC(CC(N)=O)C3)n2)c1. The van der Waals surface area contributed by atoms with Gasteiger partial charge in [-0.05, 0) is 38.3 Å². The molecule has 23 heavy (non-hydrogen) atoms. The summed E-state index contributed by atoms with van der Waals surface area (Å²) in [4.78, 5) is 17.8. The number of carbonyl (C=O) groups excluding carboxylic acids is 1. The molecule has 0 saturated carbocycles. The second-order valence-corrected chi connectivity index (χ2v) is 6.30. The number of hydrogen-bond donors (Lipinski definition) is 1. The van der Waals surface area contributed by atoms with Gasteiger partial charge in [-0.15, -0.1) is 0 Å². The van der Waals surface area contributed by atoms with Crippen LogP contribution in [0.5, 0.6) is 0 Å². The Morgan fingerprint density at radius 1 is 1.48 bits per heavy atom. The summed E-state index contributed by atoms with van der Waals surface area (Å²) >= 11 is 0. The maximum absolute atomic E-state index is 11.1. The fourth-order valence-corrected chi connectivity index (χ4v) is 3.16. The van der Waals surface area contributed by atoms with Gasteiger partial charge in [-0.1, -0.05) is 28.9 Å². The average Bonchev–Trinajstić information content (AvgIpc) is 2.95. The summed E-state index contributed by atoms with van der Waals surface area (Å²) in [7, 11) is 0. The van der Waals surface area contributed by atoms with Crippen molar-refractivity contribution in [2.24, 2.45) is 11.7 Å². The molecule has 6 heteroatoms. The second kappa shape index (κ2) is 6.91. The monoisotopic (exact) mass is 314 g/mol. The van der Waals surface area contributed by atoms with E-state index in [4.69, 9.17) is 10.3 Å². The number of carbonyl (C=O) groups is 1. The molecule has 2 aromatic rings. The van der Waals surface area contributed by atoms with Crippen LogP contribution in [0.4, 0.5) is 0 Å². The molecule has 1 aliphatic rings. The Balaban J connectivity index is 1.63. The third-order valence-electron chi connectivity index (χ3n) is 4.20. The second-order valence-electron chi connectivity index (χ2n) is 6.30. The van der Waals surface area contributed by atoms with E-state index in [2.05, 4.69) is 15.0 Å². The lowest BCUT2D eigenvalue weighted by Crippen LogP contribution is -2.36. The van der Waals surface area contributed by atoms with Crippen molar-refractivity contribution in [1.29, 1.82) is 0 Å². The molecule has 1 aromatic heterocycles. The van der Waals surface area contributed by atoms with Gasteiger partial charge < -0.3 is 10.3 Å². The molecule has 2 heterocycles. The molecule has 6 nitrogen and oxygen atoms in total. The van der Waals surface area contributed by atoms with Gasteiger partial charge in [-0.25, -0.2) is 0 Å². The number of rotatable bonds is 5. The van der Waals surface area contributed by atoms with Crippen LogP contribution < -0.4 is 5.73 Å². The zero-order valence-electron chi connectivity index (χ0n) is 13.4. The van der Waals surface area contributed by atoms with Crippen molar-refractivity contribution in [3.05, 3.63) is 35.7 Å². The fourth-order valence-electron chi connectivity index (χ4n) is 3.16. The summed E-state index contributed by atoms with van der Waals surface area (Å²) < 4.78 is 5.38. The van der Waals surface area contributed by atoms with Crippen LogP contribution in [0.15, 0.2) is 28.8 Å². The van der Waals surface area contributed by atoms with E-state index < -0.39 is 0 Å². The molecule has 0 bridgehead atoms. The summed E-state index contributed by atoms with van der Waals surface area (Å²) in [6.45, 7) is 4.49. The minimum absolute atomic E-state index is 0.226. The lowest BCUT2D eigenvalue weighted by atomic mass is 9.94. The number of hydrogen-bond acceptors (Lipinski definition) is 5. The Hall–Kier alpha value is -2.21. The molecule has 3 rings (SSSR count). The lowest BCUT2D eigenvalue weighted by Gasteiger charge is -2.30. The molecule has 1 amide bonds. The Morgan fingerprint density at radius 2 is 2.35 bits per heavy atom. The summed E-state index contributed by atoms with van der Waals surface area (Å²) in [6.07, 6.45) is 2.57. The molecule has 2 N–H and O–H groups in total. The topological polar surface area (TPSA) is 85.3 Å². The van der Waals surface area contributed by atoms with Crippen LogP contribution in [-0.4, -0.2) is 34.0 Å². The molecular formula is C17H22N4O2. The highest BCUT2D eigenvalue weighted by atomic mass is 16.5. The minimum Gasteiger partial charge on any atom is -0.370 e. The Labute approximate surface area is 135 Å². The van der Waals surface area contributed by atoms with Crippen molar-refractivity contribution < 1.29 is 9.32 Å². The van der Waals surface area contributed by atoms with E-state index in [0.29, 0.717) is 30.6 Å². The van der Waals surface area contributed by atoms with E-state index in [1.54, 1.807) is 0 Å². The molecule has 122 valence electrons. The summed E-state index contributed by atoms with van der Waals surface area (Å²) in [6, 6.07) is 8.04. The van der Waals surface area contributed by atoms with Crippen molar-refractivity contribution >= 4 is 5.91 Å². The maximum atomic E-state index is 11.1. The van der Waals surface area contributed by atoms with E-state index in [9.17, 15) is 4.79 Å². The van der Waals surface area contributed by atoms with Crippen LogP contribution in [0.3, 0.4) is 0 Å². The molecule has 0 aliphatic carbocycles. The average molecular weight is 314 g/mol. The highest BCUT2D eigenvalue weighted by Crippen LogP contribution is 2.22.